The first-order chi connectivity index (χ1) is 10.5. The Bertz CT molecular complexity index is 592. The highest BCUT2D eigenvalue weighted by molar-refractivity contribution is 5.90. The van der Waals surface area contributed by atoms with E-state index in [4.69, 9.17) is 10.5 Å². The van der Waals surface area contributed by atoms with Gasteiger partial charge in [-0.25, -0.2) is 14.4 Å². The van der Waals surface area contributed by atoms with Gasteiger partial charge in [-0.1, -0.05) is 12.1 Å². The standard InChI is InChI=1S/C15H21N3O5/c1-15(2,3)23-14(22)17-11(12(19)20)9-5-7-10(8-6-9)18(4)13(16)21/h5-8,11H,1-4H3,(H2,16,21)(H,17,22)(H,19,20). The predicted molar refractivity (Wildman–Crippen MR) is 84.2 cm³/mol. The van der Waals surface area contributed by atoms with Crippen molar-refractivity contribution in [1.82, 2.24) is 5.32 Å². The number of carboxylic acid groups (broad SMARTS) is 1. The molecule has 4 N–H and O–H groups in total. The summed E-state index contributed by atoms with van der Waals surface area (Å²) in [4.78, 5) is 35.4. The van der Waals surface area contributed by atoms with Crippen LogP contribution in [0.25, 0.3) is 0 Å². The predicted octanol–water partition coefficient (Wildman–Crippen LogP) is 1.85. The minimum atomic E-state index is -1.27. The lowest BCUT2D eigenvalue weighted by molar-refractivity contribution is -0.139. The molecule has 1 rings (SSSR count). The van der Waals surface area contributed by atoms with Crippen molar-refractivity contribution >= 4 is 23.8 Å². The molecule has 0 saturated carbocycles. The Morgan fingerprint density at radius 2 is 1.74 bits per heavy atom. The van der Waals surface area contributed by atoms with E-state index < -0.39 is 29.7 Å². The van der Waals surface area contributed by atoms with Crippen LogP contribution in [-0.4, -0.2) is 35.8 Å². The summed E-state index contributed by atoms with van der Waals surface area (Å²) in [5.74, 6) is -1.23. The van der Waals surface area contributed by atoms with Crippen molar-refractivity contribution in [3.05, 3.63) is 29.8 Å². The molecule has 0 fully saturated rings. The van der Waals surface area contributed by atoms with Gasteiger partial charge in [0.1, 0.15) is 5.60 Å². The molecule has 1 atom stereocenters. The fourth-order valence-corrected chi connectivity index (χ4v) is 1.73. The first kappa shape index (κ1) is 18.3. The fraction of sp³-hybridized carbons (Fsp3) is 0.400. The number of aliphatic carboxylic acids is 1. The molecule has 126 valence electrons. The quantitative estimate of drug-likeness (QED) is 0.780. The number of benzene rings is 1. The van der Waals surface area contributed by atoms with Crippen molar-refractivity contribution in [2.75, 3.05) is 11.9 Å². The van der Waals surface area contributed by atoms with Gasteiger partial charge in [-0.15, -0.1) is 0 Å². The number of ether oxygens (including phenoxy) is 1. The minimum absolute atomic E-state index is 0.338. The highest BCUT2D eigenvalue weighted by Gasteiger charge is 2.25. The van der Waals surface area contributed by atoms with E-state index in [0.717, 1.165) is 0 Å². The maximum Gasteiger partial charge on any atom is 0.408 e. The van der Waals surface area contributed by atoms with E-state index in [9.17, 15) is 19.5 Å². The van der Waals surface area contributed by atoms with Crippen LogP contribution in [-0.2, 0) is 9.53 Å². The summed E-state index contributed by atoms with van der Waals surface area (Å²) < 4.78 is 5.05. The number of alkyl carbamates (subject to hydrolysis) is 1. The van der Waals surface area contributed by atoms with Crippen molar-refractivity contribution < 1.29 is 24.2 Å². The van der Waals surface area contributed by atoms with Gasteiger partial charge in [0.25, 0.3) is 0 Å². The Morgan fingerprint density at radius 1 is 1.22 bits per heavy atom. The van der Waals surface area contributed by atoms with Crippen LogP contribution in [0, 0.1) is 0 Å². The maximum absolute atomic E-state index is 11.7. The Labute approximate surface area is 134 Å². The summed E-state index contributed by atoms with van der Waals surface area (Å²) in [6, 6.07) is 4.15. The molecule has 8 nitrogen and oxygen atoms in total. The molecule has 1 aromatic rings. The average molecular weight is 323 g/mol. The molecule has 0 aromatic heterocycles. The summed E-state index contributed by atoms with van der Waals surface area (Å²) in [6.45, 7) is 5.03. The lowest BCUT2D eigenvalue weighted by atomic mass is 10.1. The van der Waals surface area contributed by atoms with Crippen molar-refractivity contribution in [3.63, 3.8) is 0 Å². The topological polar surface area (TPSA) is 122 Å². The van der Waals surface area contributed by atoms with Crippen LogP contribution < -0.4 is 16.0 Å². The van der Waals surface area contributed by atoms with Crippen molar-refractivity contribution in [1.29, 1.82) is 0 Å². The number of amides is 3. The zero-order chi connectivity index (χ0) is 17.8. The second-order valence-corrected chi connectivity index (χ2v) is 5.91. The fourth-order valence-electron chi connectivity index (χ4n) is 1.73. The third-order valence-electron chi connectivity index (χ3n) is 2.85. The number of nitrogens with two attached hydrogens (primary N) is 1. The zero-order valence-electron chi connectivity index (χ0n) is 13.5. The van der Waals surface area contributed by atoms with Gasteiger partial charge in [0.05, 0.1) is 0 Å². The molecular formula is C15H21N3O5. The molecule has 1 unspecified atom stereocenters. The number of urea groups is 1. The van der Waals surface area contributed by atoms with E-state index in [2.05, 4.69) is 5.32 Å². The number of rotatable bonds is 4. The number of primary amides is 1. The van der Waals surface area contributed by atoms with Crippen LogP contribution in [0.15, 0.2) is 24.3 Å². The maximum atomic E-state index is 11.7. The summed E-state index contributed by atoms with van der Waals surface area (Å²) in [5.41, 5.74) is 5.26. The molecule has 8 heteroatoms. The SMILES string of the molecule is CN(C(N)=O)c1ccc(C(NC(=O)OC(C)(C)C)C(=O)O)cc1. The highest BCUT2D eigenvalue weighted by Crippen LogP contribution is 2.19. The largest absolute Gasteiger partial charge is 0.479 e. The molecule has 0 bridgehead atoms. The van der Waals surface area contributed by atoms with E-state index in [1.807, 2.05) is 0 Å². The monoisotopic (exact) mass is 323 g/mol. The second kappa shape index (κ2) is 6.99. The number of hydrogen-bond acceptors (Lipinski definition) is 4. The molecule has 0 aliphatic rings. The highest BCUT2D eigenvalue weighted by atomic mass is 16.6. The third kappa shape index (κ3) is 5.50. The van der Waals surface area contributed by atoms with Gasteiger partial charge in [0, 0.05) is 12.7 Å². The smallest absolute Gasteiger partial charge is 0.408 e. The van der Waals surface area contributed by atoms with Gasteiger partial charge in [-0.05, 0) is 38.5 Å². The van der Waals surface area contributed by atoms with Gasteiger partial charge in [0.15, 0.2) is 6.04 Å². The molecular weight excluding hydrogens is 302 g/mol. The molecule has 1 aromatic carbocycles. The molecule has 23 heavy (non-hydrogen) atoms. The first-order valence-electron chi connectivity index (χ1n) is 6.86. The number of nitrogens with zero attached hydrogens (tertiary/aromatic N) is 1. The van der Waals surface area contributed by atoms with E-state index in [0.29, 0.717) is 11.3 Å². The molecule has 0 spiro atoms. The van der Waals surface area contributed by atoms with Crippen LogP contribution in [0.5, 0.6) is 0 Å². The Morgan fingerprint density at radius 3 is 2.13 bits per heavy atom. The molecule has 0 heterocycles. The van der Waals surface area contributed by atoms with Crippen LogP contribution in [0.1, 0.15) is 32.4 Å². The average Bonchev–Trinajstić information content (AvgIpc) is 2.42. The Balaban J connectivity index is 2.92. The number of nitrogens with one attached hydrogen (secondary N) is 1. The number of anilines is 1. The molecule has 3 amide bonds. The number of carbonyl (C=O) groups is 3. The van der Waals surface area contributed by atoms with Gasteiger partial charge in [-0.2, -0.15) is 0 Å². The normalized spacial score (nSPS) is 12.2. The van der Waals surface area contributed by atoms with Crippen LogP contribution >= 0.6 is 0 Å². The summed E-state index contributed by atoms with van der Waals surface area (Å²) in [7, 11) is 1.49. The van der Waals surface area contributed by atoms with Gasteiger partial charge < -0.3 is 20.9 Å². The van der Waals surface area contributed by atoms with Crippen LogP contribution in [0.2, 0.25) is 0 Å². The molecule has 0 radical (unpaired) electrons. The van der Waals surface area contributed by atoms with Gasteiger partial charge in [0.2, 0.25) is 0 Å². The summed E-state index contributed by atoms with van der Waals surface area (Å²) in [6.07, 6.45) is -0.830. The number of carbonyl (C=O) groups excluding carboxylic acids is 2. The number of hydrogen-bond donors (Lipinski definition) is 3. The Kier molecular flexibility index (Phi) is 5.56. The first-order valence-corrected chi connectivity index (χ1v) is 6.86. The lowest BCUT2D eigenvalue weighted by Gasteiger charge is -2.22. The van der Waals surface area contributed by atoms with E-state index in [1.54, 1.807) is 20.8 Å². The molecule has 0 aliphatic carbocycles. The van der Waals surface area contributed by atoms with Crippen LogP contribution in [0.3, 0.4) is 0 Å². The van der Waals surface area contributed by atoms with Crippen molar-refractivity contribution in [2.24, 2.45) is 5.73 Å². The lowest BCUT2D eigenvalue weighted by Crippen LogP contribution is -2.38. The number of carboxylic acids is 1. The van der Waals surface area contributed by atoms with E-state index >= 15 is 0 Å². The van der Waals surface area contributed by atoms with Gasteiger partial charge >= 0.3 is 18.1 Å². The van der Waals surface area contributed by atoms with Crippen molar-refractivity contribution in [3.8, 4) is 0 Å². The summed E-state index contributed by atoms with van der Waals surface area (Å²) in [5, 5.41) is 11.6. The molecule has 0 saturated heterocycles. The summed E-state index contributed by atoms with van der Waals surface area (Å²) >= 11 is 0. The van der Waals surface area contributed by atoms with Crippen molar-refractivity contribution in [2.45, 2.75) is 32.4 Å². The molecule has 0 aliphatic heterocycles. The van der Waals surface area contributed by atoms with E-state index in [-0.39, 0.29) is 0 Å². The second-order valence-electron chi connectivity index (χ2n) is 5.91. The zero-order valence-corrected chi connectivity index (χ0v) is 13.5. The van der Waals surface area contributed by atoms with Gasteiger partial charge in [-0.3, -0.25) is 4.90 Å². The minimum Gasteiger partial charge on any atom is -0.479 e. The van der Waals surface area contributed by atoms with E-state index in [1.165, 1.54) is 36.2 Å². The van der Waals surface area contributed by atoms with Crippen LogP contribution in [0.4, 0.5) is 15.3 Å². The third-order valence-corrected chi connectivity index (χ3v) is 2.85. The Hall–Kier alpha value is -2.77.